The van der Waals surface area contributed by atoms with Crippen molar-refractivity contribution in [3.8, 4) is 0 Å². The fourth-order valence-electron chi connectivity index (χ4n) is 2.47. The van der Waals surface area contributed by atoms with Crippen LogP contribution in [0.4, 0.5) is 5.69 Å². The Hall–Kier alpha value is -1.02. The minimum atomic E-state index is 0.584. The van der Waals surface area contributed by atoms with Crippen LogP contribution in [0, 0.1) is 5.92 Å². The largest absolute Gasteiger partial charge is 0.385 e. The van der Waals surface area contributed by atoms with Crippen molar-refractivity contribution in [2.75, 3.05) is 25.6 Å². The van der Waals surface area contributed by atoms with Crippen molar-refractivity contribution in [3.63, 3.8) is 0 Å². The van der Waals surface area contributed by atoms with Gasteiger partial charge in [-0.05, 0) is 36.3 Å². The van der Waals surface area contributed by atoms with Gasteiger partial charge >= 0.3 is 0 Å². The third-order valence-corrected chi connectivity index (χ3v) is 3.18. The number of benzene rings is 1. The summed E-state index contributed by atoms with van der Waals surface area (Å²) in [5.74, 6) is 0.584. The first-order valence-electron chi connectivity index (χ1n) is 6.15. The van der Waals surface area contributed by atoms with Crippen molar-refractivity contribution >= 4 is 5.69 Å². The zero-order chi connectivity index (χ0) is 11.4. The Morgan fingerprint density at radius 1 is 1.44 bits per heavy atom. The number of ether oxygens (including phenoxy) is 1. The second kappa shape index (κ2) is 5.35. The van der Waals surface area contributed by atoms with Crippen molar-refractivity contribution in [2.45, 2.75) is 26.2 Å². The summed E-state index contributed by atoms with van der Waals surface area (Å²) in [6, 6.07) is 6.66. The Kier molecular flexibility index (Phi) is 3.83. The molecular weight excluding hydrogens is 198 g/mol. The van der Waals surface area contributed by atoms with Gasteiger partial charge in [-0.15, -0.1) is 0 Å². The molecule has 1 N–H and O–H groups in total. The molecule has 0 amide bonds. The van der Waals surface area contributed by atoms with Crippen LogP contribution < -0.4 is 5.32 Å². The van der Waals surface area contributed by atoms with Crippen LogP contribution in [-0.4, -0.2) is 20.3 Å². The van der Waals surface area contributed by atoms with E-state index < -0.39 is 0 Å². The van der Waals surface area contributed by atoms with E-state index in [1.807, 2.05) is 0 Å². The lowest BCUT2D eigenvalue weighted by Gasteiger charge is -2.22. The number of aryl methyl sites for hydroxylation is 1. The SMILES string of the molecule is COCC(C)Cc1cccc2c1NCCC2. The molecule has 1 aromatic carbocycles. The number of rotatable bonds is 4. The van der Waals surface area contributed by atoms with Gasteiger partial charge in [0.05, 0.1) is 0 Å². The van der Waals surface area contributed by atoms with Gasteiger partial charge in [0.1, 0.15) is 0 Å². The van der Waals surface area contributed by atoms with E-state index in [1.54, 1.807) is 7.11 Å². The third kappa shape index (κ3) is 2.56. The molecule has 0 bridgehead atoms. The number of nitrogens with one attached hydrogen (secondary N) is 1. The molecule has 2 heteroatoms. The smallest absolute Gasteiger partial charge is 0.0491 e. The minimum Gasteiger partial charge on any atom is -0.385 e. The van der Waals surface area contributed by atoms with Crippen LogP contribution in [0.1, 0.15) is 24.5 Å². The van der Waals surface area contributed by atoms with Gasteiger partial charge in [-0.1, -0.05) is 25.1 Å². The summed E-state index contributed by atoms with van der Waals surface area (Å²) in [5.41, 5.74) is 4.31. The molecule has 0 radical (unpaired) electrons. The van der Waals surface area contributed by atoms with Gasteiger partial charge in [-0.25, -0.2) is 0 Å². The number of para-hydroxylation sites is 1. The Balaban J connectivity index is 2.14. The number of methoxy groups -OCH3 is 1. The van der Waals surface area contributed by atoms with E-state index in [2.05, 4.69) is 30.4 Å². The molecule has 1 atom stereocenters. The zero-order valence-corrected chi connectivity index (χ0v) is 10.3. The van der Waals surface area contributed by atoms with E-state index in [0.717, 1.165) is 19.6 Å². The molecule has 1 unspecified atom stereocenters. The minimum absolute atomic E-state index is 0.584. The first kappa shape index (κ1) is 11.5. The van der Waals surface area contributed by atoms with Crippen LogP contribution in [0.2, 0.25) is 0 Å². The molecule has 0 saturated carbocycles. The highest BCUT2D eigenvalue weighted by Crippen LogP contribution is 2.27. The van der Waals surface area contributed by atoms with Gasteiger partial charge in [0.15, 0.2) is 0 Å². The molecule has 16 heavy (non-hydrogen) atoms. The number of hydrogen-bond acceptors (Lipinski definition) is 2. The standard InChI is InChI=1S/C14H21NO/c1-11(10-16-2)9-13-6-3-5-12-7-4-8-15-14(12)13/h3,5-6,11,15H,4,7-10H2,1-2H3. The summed E-state index contributed by atoms with van der Waals surface area (Å²) in [6.07, 6.45) is 3.57. The highest BCUT2D eigenvalue weighted by Gasteiger charge is 2.13. The number of fused-ring (bicyclic) bond motifs is 1. The van der Waals surface area contributed by atoms with E-state index in [4.69, 9.17) is 4.74 Å². The van der Waals surface area contributed by atoms with Crippen LogP contribution in [0.5, 0.6) is 0 Å². The molecule has 1 aliphatic heterocycles. The second-order valence-electron chi connectivity index (χ2n) is 4.75. The molecule has 1 aromatic rings. The van der Waals surface area contributed by atoms with E-state index in [9.17, 15) is 0 Å². The number of anilines is 1. The fraction of sp³-hybridized carbons (Fsp3) is 0.571. The van der Waals surface area contributed by atoms with Crippen molar-refractivity contribution < 1.29 is 4.74 Å². The summed E-state index contributed by atoms with van der Waals surface area (Å²) in [7, 11) is 1.77. The summed E-state index contributed by atoms with van der Waals surface area (Å²) in [6.45, 7) is 4.19. The fourth-order valence-corrected chi connectivity index (χ4v) is 2.47. The van der Waals surface area contributed by atoms with Gasteiger partial charge in [0, 0.05) is 25.9 Å². The Bertz CT molecular complexity index is 349. The van der Waals surface area contributed by atoms with E-state index >= 15 is 0 Å². The Morgan fingerprint density at radius 3 is 3.12 bits per heavy atom. The van der Waals surface area contributed by atoms with Crippen molar-refractivity contribution in [1.82, 2.24) is 0 Å². The van der Waals surface area contributed by atoms with Crippen LogP contribution in [-0.2, 0) is 17.6 Å². The maximum absolute atomic E-state index is 5.20. The molecule has 2 nitrogen and oxygen atoms in total. The summed E-state index contributed by atoms with van der Waals surface area (Å²) >= 11 is 0. The number of hydrogen-bond donors (Lipinski definition) is 1. The van der Waals surface area contributed by atoms with Gasteiger partial charge in [0.25, 0.3) is 0 Å². The lowest BCUT2D eigenvalue weighted by Crippen LogP contribution is -2.15. The first-order chi connectivity index (χ1) is 7.81. The van der Waals surface area contributed by atoms with Gasteiger partial charge < -0.3 is 10.1 Å². The maximum atomic E-state index is 5.20. The van der Waals surface area contributed by atoms with Gasteiger partial charge in [-0.2, -0.15) is 0 Å². The predicted octanol–water partition coefficient (Wildman–Crippen LogP) is 2.87. The van der Waals surface area contributed by atoms with Crippen molar-refractivity contribution in [3.05, 3.63) is 29.3 Å². The first-order valence-corrected chi connectivity index (χ1v) is 6.15. The lowest BCUT2D eigenvalue weighted by molar-refractivity contribution is 0.160. The lowest BCUT2D eigenvalue weighted by atomic mass is 9.94. The zero-order valence-electron chi connectivity index (χ0n) is 10.3. The van der Waals surface area contributed by atoms with Crippen LogP contribution in [0.25, 0.3) is 0 Å². The summed E-state index contributed by atoms with van der Waals surface area (Å²) in [5, 5.41) is 3.54. The average molecular weight is 219 g/mol. The Morgan fingerprint density at radius 2 is 2.31 bits per heavy atom. The molecule has 1 aliphatic rings. The monoisotopic (exact) mass is 219 g/mol. The van der Waals surface area contributed by atoms with Gasteiger partial charge in [-0.3, -0.25) is 0 Å². The van der Waals surface area contributed by atoms with Crippen LogP contribution in [0.15, 0.2) is 18.2 Å². The molecule has 0 aromatic heterocycles. The Labute approximate surface area is 98.0 Å². The van der Waals surface area contributed by atoms with Crippen LogP contribution in [0.3, 0.4) is 0 Å². The maximum Gasteiger partial charge on any atom is 0.0491 e. The van der Waals surface area contributed by atoms with Gasteiger partial charge in [0.2, 0.25) is 0 Å². The molecule has 0 spiro atoms. The average Bonchev–Trinajstić information content (AvgIpc) is 2.30. The second-order valence-corrected chi connectivity index (χ2v) is 4.75. The highest BCUT2D eigenvalue weighted by molar-refractivity contribution is 5.59. The third-order valence-electron chi connectivity index (χ3n) is 3.18. The predicted molar refractivity (Wildman–Crippen MR) is 68.0 cm³/mol. The molecule has 0 aliphatic carbocycles. The van der Waals surface area contributed by atoms with E-state index in [0.29, 0.717) is 5.92 Å². The van der Waals surface area contributed by atoms with Crippen LogP contribution >= 0.6 is 0 Å². The van der Waals surface area contributed by atoms with Crippen molar-refractivity contribution in [1.29, 1.82) is 0 Å². The van der Waals surface area contributed by atoms with Crippen molar-refractivity contribution in [2.24, 2.45) is 5.92 Å². The van der Waals surface area contributed by atoms with E-state index in [-0.39, 0.29) is 0 Å². The molecule has 1 heterocycles. The summed E-state index contributed by atoms with van der Waals surface area (Å²) in [4.78, 5) is 0. The quantitative estimate of drug-likeness (QED) is 0.840. The molecule has 0 fully saturated rings. The molecule has 88 valence electrons. The highest BCUT2D eigenvalue weighted by atomic mass is 16.5. The normalized spacial score (nSPS) is 16.4. The topological polar surface area (TPSA) is 21.3 Å². The molecule has 2 rings (SSSR count). The molecular formula is C14H21NO. The molecule has 0 saturated heterocycles. The summed E-state index contributed by atoms with van der Waals surface area (Å²) < 4.78 is 5.20. The van der Waals surface area contributed by atoms with E-state index in [1.165, 1.54) is 29.7 Å².